The van der Waals surface area contributed by atoms with Crippen molar-refractivity contribution in [1.82, 2.24) is 15.0 Å². The van der Waals surface area contributed by atoms with E-state index in [4.69, 9.17) is 10.5 Å². The molecule has 0 aliphatic carbocycles. The van der Waals surface area contributed by atoms with E-state index in [2.05, 4.69) is 25.6 Å². The molecule has 0 bridgehead atoms. The van der Waals surface area contributed by atoms with Crippen molar-refractivity contribution in [1.29, 1.82) is 0 Å². The van der Waals surface area contributed by atoms with Gasteiger partial charge < -0.3 is 21.1 Å². The Balaban J connectivity index is 1.57. The first kappa shape index (κ1) is 18.7. The zero-order valence-electron chi connectivity index (χ0n) is 15.7. The Labute approximate surface area is 166 Å². The van der Waals surface area contributed by atoms with Crippen LogP contribution in [0, 0.1) is 13.8 Å². The monoisotopic (exact) mass is 398 g/mol. The Morgan fingerprint density at radius 2 is 2.18 bits per heavy atom. The van der Waals surface area contributed by atoms with Crippen LogP contribution in [0.25, 0.3) is 10.2 Å². The summed E-state index contributed by atoms with van der Waals surface area (Å²) in [6.07, 6.45) is 2.52. The summed E-state index contributed by atoms with van der Waals surface area (Å²) in [5.74, 6) is 0.755. The van der Waals surface area contributed by atoms with Crippen molar-refractivity contribution in [3.63, 3.8) is 0 Å². The quantitative estimate of drug-likeness (QED) is 0.618. The molecule has 1 aliphatic heterocycles. The highest BCUT2D eigenvalue weighted by Gasteiger charge is 2.23. The van der Waals surface area contributed by atoms with Crippen LogP contribution in [0.2, 0.25) is 0 Å². The summed E-state index contributed by atoms with van der Waals surface area (Å²) in [4.78, 5) is 26.1. The van der Waals surface area contributed by atoms with E-state index in [1.165, 1.54) is 11.3 Å². The average Bonchev–Trinajstić information content (AvgIpc) is 3.06. The fourth-order valence-corrected chi connectivity index (χ4v) is 4.10. The van der Waals surface area contributed by atoms with Crippen molar-refractivity contribution >= 4 is 39.2 Å². The minimum absolute atomic E-state index is 0.0431. The van der Waals surface area contributed by atoms with Gasteiger partial charge >= 0.3 is 0 Å². The zero-order chi connectivity index (χ0) is 19.7. The van der Waals surface area contributed by atoms with Gasteiger partial charge in [-0.3, -0.25) is 4.79 Å². The number of amides is 1. The predicted molar refractivity (Wildman–Crippen MR) is 110 cm³/mol. The minimum atomic E-state index is -0.240. The lowest BCUT2D eigenvalue weighted by Gasteiger charge is -2.29. The van der Waals surface area contributed by atoms with Gasteiger partial charge in [0, 0.05) is 29.8 Å². The van der Waals surface area contributed by atoms with Crippen LogP contribution in [0.1, 0.15) is 28.0 Å². The molecule has 3 aromatic heterocycles. The highest BCUT2D eigenvalue weighted by molar-refractivity contribution is 7.17. The largest absolute Gasteiger partial charge is 0.380 e. The molecule has 3 aromatic rings. The number of fused-ring (bicyclic) bond motifs is 1. The molecule has 28 heavy (non-hydrogen) atoms. The van der Waals surface area contributed by atoms with Crippen LogP contribution >= 0.6 is 11.3 Å². The zero-order valence-corrected chi connectivity index (χ0v) is 16.5. The van der Waals surface area contributed by atoms with Gasteiger partial charge in [0.25, 0.3) is 5.91 Å². The molecule has 0 spiro atoms. The van der Waals surface area contributed by atoms with E-state index < -0.39 is 0 Å². The first-order valence-electron chi connectivity index (χ1n) is 9.10. The number of nitrogens with two attached hydrogens (primary N) is 1. The number of carbonyl (C=O) groups is 1. The van der Waals surface area contributed by atoms with Crippen LogP contribution in [0.15, 0.2) is 23.7 Å². The van der Waals surface area contributed by atoms with Crippen LogP contribution in [0.3, 0.4) is 0 Å². The van der Waals surface area contributed by atoms with Crippen molar-refractivity contribution in [3.8, 4) is 0 Å². The van der Waals surface area contributed by atoms with Gasteiger partial charge in [0.05, 0.1) is 28.6 Å². The number of thiophene rings is 1. The van der Waals surface area contributed by atoms with Gasteiger partial charge in [0.15, 0.2) is 0 Å². The third-order valence-electron chi connectivity index (χ3n) is 4.61. The molecule has 2 atom stereocenters. The molecule has 0 radical (unpaired) electrons. The van der Waals surface area contributed by atoms with Gasteiger partial charge in [0.2, 0.25) is 5.95 Å². The summed E-state index contributed by atoms with van der Waals surface area (Å²) >= 11 is 1.44. The Morgan fingerprint density at radius 1 is 1.32 bits per heavy atom. The van der Waals surface area contributed by atoms with Crippen molar-refractivity contribution in [2.45, 2.75) is 32.4 Å². The third kappa shape index (κ3) is 3.96. The highest BCUT2D eigenvalue weighted by Crippen LogP contribution is 2.26. The Morgan fingerprint density at radius 3 is 2.96 bits per heavy atom. The van der Waals surface area contributed by atoms with E-state index in [1.54, 1.807) is 11.6 Å². The van der Waals surface area contributed by atoms with E-state index in [1.807, 2.05) is 26.0 Å². The van der Waals surface area contributed by atoms with Crippen LogP contribution in [-0.2, 0) is 4.74 Å². The normalized spacial score (nSPS) is 19.5. The smallest absolute Gasteiger partial charge is 0.259 e. The summed E-state index contributed by atoms with van der Waals surface area (Å²) in [5.41, 5.74) is 9.11. The van der Waals surface area contributed by atoms with Gasteiger partial charge in [-0.1, -0.05) is 0 Å². The molecule has 1 amide bonds. The number of ether oxygens (including phenoxy) is 1. The number of anilines is 2. The molecule has 2 unspecified atom stereocenters. The maximum absolute atomic E-state index is 12.8. The minimum Gasteiger partial charge on any atom is -0.380 e. The molecule has 1 fully saturated rings. The molecule has 4 heterocycles. The molecule has 8 nitrogen and oxygen atoms in total. The van der Waals surface area contributed by atoms with E-state index >= 15 is 0 Å². The number of nitrogens with zero attached hydrogens (tertiary/aromatic N) is 3. The standard InChI is InChI=1S/C19H22N6O2S/c1-10-5-11(2)22-16(6-10)24-18(26)12-9-28-15-7-21-19(25-17(12)15)23-14-3-4-27-8-13(14)20/h5-7,9,13-14H,3-4,8,20H2,1-2H3,(H,21,23,25)(H,22,24,26). The van der Waals surface area contributed by atoms with E-state index in [0.717, 1.165) is 22.4 Å². The van der Waals surface area contributed by atoms with Gasteiger partial charge in [-0.05, 0) is 38.0 Å². The Hall–Kier alpha value is -2.62. The van der Waals surface area contributed by atoms with Crippen LogP contribution in [0.4, 0.5) is 11.8 Å². The second-order valence-electron chi connectivity index (χ2n) is 6.96. The van der Waals surface area contributed by atoms with E-state index in [0.29, 0.717) is 36.1 Å². The van der Waals surface area contributed by atoms with E-state index in [9.17, 15) is 4.79 Å². The number of carbonyl (C=O) groups excluding carboxylic acids is 1. The number of pyridine rings is 1. The second-order valence-corrected chi connectivity index (χ2v) is 7.87. The summed E-state index contributed by atoms with van der Waals surface area (Å²) in [6.45, 7) is 5.03. The number of hydrogen-bond donors (Lipinski definition) is 3. The van der Waals surface area contributed by atoms with Crippen molar-refractivity contribution in [2.75, 3.05) is 23.8 Å². The maximum atomic E-state index is 12.8. The summed E-state index contributed by atoms with van der Waals surface area (Å²) in [7, 11) is 0. The maximum Gasteiger partial charge on any atom is 0.259 e. The van der Waals surface area contributed by atoms with Gasteiger partial charge in [-0.25, -0.2) is 15.0 Å². The first-order valence-corrected chi connectivity index (χ1v) is 9.98. The molecule has 9 heteroatoms. The summed E-state index contributed by atoms with van der Waals surface area (Å²) in [5, 5.41) is 7.93. The number of nitrogens with one attached hydrogen (secondary N) is 2. The number of aromatic nitrogens is 3. The van der Waals surface area contributed by atoms with Crippen molar-refractivity contribution in [2.24, 2.45) is 5.73 Å². The lowest BCUT2D eigenvalue weighted by atomic mass is 10.1. The van der Waals surface area contributed by atoms with Gasteiger partial charge in [0.1, 0.15) is 5.82 Å². The molecule has 0 saturated carbocycles. The molecule has 4 rings (SSSR count). The lowest BCUT2D eigenvalue weighted by Crippen LogP contribution is -2.47. The summed E-state index contributed by atoms with van der Waals surface area (Å²) < 4.78 is 6.22. The fraction of sp³-hybridized carbons (Fsp3) is 0.368. The first-order chi connectivity index (χ1) is 13.5. The highest BCUT2D eigenvalue weighted by atomic mass is 32.1. The number of hydrogen-bond acceptors (Lipinski definition) is 8. The molecular weight excluding hydrogens is 376 g/mol. The molecule has 146 valence electrons. The Bertz CT molecular complexity index is 1000. The molecular formula is C19H22N6O2S. The predicted octanol–water partition coefficient (Wildman–Crippen LogP) is 2.48. The third-order valence-corrected chi connectivity index (χ3v) is 5.52. The average molecular weight is 398 g/mol. The molecule has 0 aromatic carbocycles. The number of rotatable bonds is 4. The van der Waals surface area contributed by atoms with E-state index in [-0.39, 0.29) is 18.0 Å². The van der Waals surface area contributed by atoms with Gasteiger partial charge in [-0.2, -0.15) is 0 Å². The van der Waals surface area contributed by atoms with Crippen LogP contribution < -0.4 is 16.4 Å². The molecule has 1 aliphatic rings. The van der Waals surface area contributed by atoms with Gasteiger partial charge in [-0.15, -0.1) is 11.3 Å². The van der Waals surface area contributed by atoms with Crippen molar-refractivity contribution in [3.05, 3.63) is 40.5 Å². The number of aryl methyl sites for hydroxylation is 2. The fourth-order valence-electron chi connectivity index (χ4n) is 3.25. The lowest BCUT2D eigenvalue weighted by molar-refractivity contribution is 0.0751. The van der Waals surface area contributed by atoms with Crippen LogP contribution in [-0.4, -0.2) is 46.2 Å². The van der Waals surface area contributed by atoms with Crippen LogP contribution in [0.5, 0.6) is 0 Å². The van der Waals surface area contributed by atoms with Crippen molar-refractivity contribution < 1.29 is 9.53 Å². The second kappa shape index (κ2) is 7.78. The Kier molecular flexibility index (Phi) is 5.21. The topological polar surface area (TPSA) is 115 Å². The molecule has 4 N–H and O–H groups in total. The summed E-state index contributed by atoms with van der Waals surface area (Å²) in [6, 6.07) is 3.73. The molecule has 1 saturated heterocycles. The SMILES string of the molecule is Cc1cc(C)nc(NC(=O)c2csc3cnc(NC4CCOCC4N)nc23)c1.